The number of hydrogen-bond acceptors (Lipinski definition) is 8. The van der Waals surface area contributed by atoms with Crippen molar-refractivity contribution in [1.82, 2.24) is 9.97 Å². The van der Waals surface area contributed by atoms with Crippen molar-refractivity contribution in [3.63, 3.8) is 0 Å². The number of carbonyl (C=O) groups is 1. The number of aromatic nitrogens is 2. The Balaban J connectivity index is 1.73. The van der Waals surface area contributed by atoms with Gasteiger partial charge >= 0.3 is 0 Å². The molecular weight excluding hydrogens is 410 g/mol. The molecule has 168 valence electrons. The van der Waals surface area contributed by atoms with E-state index in [2.05, 4.69) is 25.9 Å². The van der Waals surface area contributed by atoms with Crippen molar-refractivity contribution in [2.45, 2.75) is 13.8 Å². The third kappa shape index (κ3) is 5.37. The molecule has 0 fully saturated rings. The van der Waals surface area contributed by atoms with Crippen molar-refractivity contribution in [3.8, 4) is 17.2 Å². The highest BCUT2D eigenvalue weighted by molar-refractivity contribution is 6.05. The van der Waals surface area contributed by atoms with Gasteiger partial charge < -0.3 is 30.2 Å². The molecule has 0 radical (unpaired) electrons. The predicted molar refractivity (Wildman–Crippen MR) is 125 cm³/mol. The summed E-state index contributed by atoms with van der Waals surface area (Å²) in [7, 11) is 4.52. The van der Waals surface area contributed by atoms with Crippen molar-refractivity contribution < 1.29 is 19.0 Å². The lowest BCUT2D eigenvalue weighted by Gasteiger charge is -2.14. The summed E-state index contributed by atoms with van der Waals surface area (Å²) in [4.78, 5) is 21.5. The first-order valence-electron chi connectivity index (χ1n) is 10.0. The highest BCUT2D eigenvalue weighted by Crippen LogP contribution is 2.38. The van der Waals surface area contributed by atoms with E-state index >= 15 is 0 Å². The van der Waals surface area contributed by atoms with Gasteiger partial charge in [0.2, 0.25) is 11.7 Å². The third-order valence-electron chi connectivity index (χ3n) is 4.53. The van der Waals surface area contributed by atoms with Crippen LogP contribution in [0.5, 0.6) is 17.2 Å². The van der Waals surface area contributed by atoms with Crippen LogP contribution in [-0.2, 0) is 0 Å². The Morgan fingerprint density at radius 2 is 1.53 bits per heavy atom. The van der Waals surface area contributed by atoms with Crippen LogP contribution in [0.4, 0.5) is 23.1 Å². The zero-order chi connectivity index (χ0) is 23.1. The van der Waals surface area contributed by atoms with E-state index < -0.39 is 0 Å². The molecule has 9 nitrogen and oxygen atoms in total. The molecule has 0 atom stereocenters. The molecular formula is C23H27N5O4. The first-order valence-corrected chi connectivity index (χ1v) is 10.0. The van der Waals surface area contributed by atoms with Gasteiger partial charge in [0.1, 0.15) is 5.82 Å². The van der Waals surface area contributed by atoms with Crippen molar-refractivity contribution in [1.29, 1.82) is 0 Å². The van der Waals surface area contributed by atoms with Gasteiger partial charge in [0.25, 0.3) is 5.91 Å². The quantitative estimate of drug-likeness (QED) is 0.456. The van der Waals surface area contributed by atoms with E-state index in [4.69, 9.17) is 14.2 Å². The summed E-state index contributed by atoms with van der Waals surface area (Å²) >= 11 is 0. The summed E-state index contributed by atoms with van der Waals surface area (Å²) < 4.78 is 15.9. The molecule has 0 aliphatic rings. The number of nitrogens with zero attached hydrogens (tertiary/aromatic N) is 2. The Bertz CT molecular complexity index is 1060. The van der Waals surface area contributed by atoms with Gasteiger partial charge in [-0.05, 0) is 50.2 Å². The Morgan fingerprint density at radius 1 is 0.906 bits per heavy atom. The molecule has 1 aromatic heterocycles. The summed E-state index contributed by atoms with van der Waals surface area (Å²) in [6, 6.07) is 12.4. The van der Waals surface area contributed by atoms with Crippen molar-refractivity contribution in [2.75, 3.05) is 43.8 Å². The zero-order valence-corrected chi connectivity index (χ0v) is 18.8. The van der Waals surface area contributed by atoms with E-state index in [-0.39, 0.29) is 5.91 Å². The predicted octanol–water partition coefficient (Wildman–Crippen LogP) is 4.24. The van der Waals surface area contributed by atoms with Crippen LogP contribution < -0.4 is 30.2 Å². The minimum atomic E-state index is -0.299. The van der Waals surface area contributed by atoms with Gasteiger partial charge in [0.05, 0.1) is 21.3 Å². The highest BCUT2D eigenvalue weighted by atomic mass is 16.5. The van der Waals surface area contributed by atoms with Gasteiger partial charge in [-0.3, -0.25) is 4.79 Å². The fourth-order valence-corrected chi connectivity index (χ4v) is 3.07. The molecule has 32 heavy (non-hydrogen) atoms. The van der Waals surface area contributed by atoms with E-state index in [0.29, 0.717) is 40.3 Å². The number of methoxy groups -OCH3 is 3. The minimum Gasteiger partial charge on any atom is -0.493 e. The topological polar surface area (TPSA) is 107 Å². The molecule has 0 unspecified atom stereocenters. The molecule has 0 bridgehead atoms. The lowest BCUT2D eigenvalue weighted by Crippen LogP contribution is -2.12. The molecule has 0 saturated carbocycles. The number of anilines is 4. The summed E-state index contributed by atoms with van der Waals surface area (Å²) in [5.74, 6) is 2.21. The Hall–Kier alpha value is -4.01. The van der Waals surface area contributed by atoms with Crippen LogP contribution in [0.3, 0.4) is 0 Å². The van der Waals surface area contributed by atoms with Crippen molar-refractivity contribution in [3.05, 3.63) is 53.7 Å². The number of amides is 1. The zero-order valence-electron chi connectivity index (χ0n) is 18.8. The van der Waals surface area contributed by atoms with E-state index in [1.165, 1.54) is 21.3 Å². The van der Waals surface area contributed by atoms with Crippen LogP contribution in [-0.4, -0.2) is 43.7 Å². The lowest BCUT2D eigenvalue weighted by atomic mass is 10.1. The second-order valence-electron chi connectivity index (χ2n) is 6.82. The fourth-order valence-electron chi connectivity index (χ4n) is 3.07. The number of rotatable bonds is 9. The summed E-state index contributed by atoms with van der Waals surface area (Å²) in [5, 5.41) is 9.23. The average Bonchev–Trinajstić information content (AvgIpc) is 2.79. The van der Waals surface area contributed by atoms with Crippen LogP contribution >= 0.6 is 0 Å². The highest BCUT2D eigenvalue weighted by Gasteiger charge is 2.17. The first kappa shape index (κ1) is 22.7. The molecule has 0 aliphatic heterocycles. The SMILES string of the molecule is CCNc1nc(C)cc(Nc2ccc(NC(=O)c3cc(OC)c(OC)c(OC)c3)cc2)n1. The van der Waals surface area contributed by atoms with Gasteiger partial charge in [0, 0.05) is 35.2 Å². The van der Waals surface area contributed by atoms with Gasteiger partial charge in [-0.1, -0.05) is 0 Å². The molecule has 3 rings (SSSR count). The van der Waals surface area contributed by atoms with Gasteiger partial charge in [-0.2, -0.15) is 4.98 Å². The molecule has 3 aromatic rings. The molecule has 1 amide bonds. The number of aryl methyl sites for hydroxylation is 1. The number of ether oxygens (including phenoxy) is 3. The van der Waals surface area contributed by atoms with Gasteiger partial charge in [-0.25, -0.2) is 4.98 Å². The maximum Gasteiger partial charge on any atom is 0.255 e. The maximum atomic E-state index is 12.8. The number of carbonyl (C=O) groups excluding carboxylic acids is 1. The number of benzene rings is 2. The lowest BCUT2D eigenvalue weighted by molar-refractivity contribution is 0.102. The largest absolute Gasteiger partial charge is 0.493 e. The normalized spacial score (nSPS) is 10.3. The number of hydrogen-bond donors (Lipinski definition) is 3. The molecule has 0 aliphatic carbocycles. The Morgan fingerprint density at radius 3 is 2.09 bits per heavy atom. The average molecular weight is 438 g/mol. The Labute approximate surface area is 187 Å². The first-order chi connectivity index (χ1) is 15.5. The van der Waals surface area contributed by atoms with Crippen LogP contribution in [0, 0.1) is 6.92 Å². The van der Waals surface area contributed by atoms with Crippen LogP contribution in [0.25, 0.3) is 0 Å². The number of nitrogens with one attached hydrogen (secondary N) is 3. The standard InChI is InChI=1S/C23H27N5O4/c1-6-24-23-25-14(2)11-20(28-23)26-16-7-9-17(10-8-16)27-22(29)15-12-18(30-3)21(32-5)19(13-15)31-4/h7-13H,6H2,1-5H3,(H,27,29)(H2,24,25,26,28). The van der Waals surface area contributed by atoms with Crippen molar-refractivity contribution >= 4 is 29.0 Å². The molecule has 0 saturated heterocycles. The maximum absolute atomic E-state index is 12.8. The summed E-state index contributed by atoms with van der Waals surface area (Å²) in [6.45, 7) is 4.64. The fraction of sp³-hybridized carbons (Fsp3) is 0.261. The molecule has 2 aromatic carbocycles. The van der Waals surface area contributed by atoms with Crippen LogP contribution in [0.2, 0.25) is 0 Å². The van der Waals surface area contributed by atoms with Crippen molar-refractivity contribution in [2.24, 2.45) is 0 Å². The molecule has 1 heterocycles. The molecule has 3 N–H and O–H groups in total. The van der Waals surface area contributed by atoms with Crippen LogP contribution in [0.15, 0.2) is 42.5 Å². The van der Waals surface area contributed by atoms with E-state index in [1.807, 2.05) is 32.0 Å². The van der Waals surface area contributed by atoms with Gasteiger partial charge in [-0.15, -0.1) is 0 Å². The minimum absolute atomic E-state index is 0.299. The van der Waals surface area contributed by atoms with Crippen LogP contribution in [0.1, 0.15) is 23.0 Å². The third-order valence-corrected chi connectivity index (χ3v) is 4.53. The summed E-state index contributed by atoms with van der Waals surface area (Å²) in [5.41, 5.74) is 2.71. The smallest absolute Gasteiger partial charge is 0.255 e. The van der Waals surface area contributed by atoms with E-state index in [1.54, 1.807) is 24.3 Å². The Kier molecular flexibility index (Phi) is 7.33. The second-order valence-corrected chi connectivity index (χ2v) is 6.82. The van der Waals surface area contributed by atoms with E-state index in [0.717, 1.165) is 17.9 Å². The van der Waals surface area contributed by atoms with E-state index in [9.17, 15) is 4.79 Å². The molecule has 9 heteroatoms. The summed E-state index contributed by atoms with van der Waals surface area (Å²) in [6.07, 6.45) is 0. The second kappa shape index (κ2) is 10.3. The molecule has 0 spiro atoms. The van der Waals surface area contributed by atoms with Gasteiger partial charge in [0.15, 0.2) is 11.5 Å². The monoisotopic (exact) mass is 437 g/mol.